The van der Waals surface area contributed by atoms with Gasteiger partial charge in [0.15, 0.2) is 0 Å². The zero-order valence-corrected chi connectivity index (χ0v) is 13.2. The van der Waals surface area contributed by atoms with E-state index in [0.29, 0.717) is 0 Å². The van der Waals surface area contributed by atoms with Crippen LogP contribution < -0.4 is 5.73 Å². The van der Waals surface area contributed by atoms with E-state index in [9.17, 15) is 4.79 Å². The van der Waals surface area contributed by atoms with E-state index in [1.807, 2.05) is 0 Å². The molecule has 0 bridgehead atoms. The Labute approximate surface area is 126 Å². The molecule has 0 saturated heterocycles. The summed E-state index contributed by atoms with van der Waals surface area (Å²) in [4.78, 5) is 10.4. The molecule has 1 aliphatic carbocycles. The van der Waals surface area contributed by atoms with E-state index >= 15 is 0 Å². The standard InChI is InChI=1S/C7H13NO2.Cs/c8-6-3-1-5(2-4-6)7(9)10;/h5-6H,1-4,8H2,(H,9,10);. The molecule has 0 heterocycles. The van der Waals surface area contributed by atoms with Gasteiger partial charge < -0.3 is 10.8 Å². The fourth-order valence-corrected chi connectivity index (χ4v) is 1.37. The SMILES string of the molecule is NC1CCC(C(=O)O)CC1.[Cs]. The van der Waals surface area contributed by atoms with Gasteiger partial charge in [-0.1, -0.05) is 0 Å². The van der Waals surface area contributed by atoms with Crippen LogP contribution in [-0.4, -0.2) is 86.0 Å². The van der Waals surface area contributed by atoms with Crippen LogP contribution in [0.1, 0.15) is 25.7 Å². The van der Waals surface area contributed by atoms with Crippen molar-refractivity contribution < 1.29 is 9.90 Å². The summed E-state index contributed by atoms with van der Waals surface area (Å²) in [5, 5.41) is 8.58. The molecular formula is C7H13CsNO2. The minimum atomic E-state index is -0.660. The molecule has 3 N–H and O–H groups in total. The van der Waals surface area contributed by atoms with E-state index in [4.69, 9.17) is 10.8 Å². The van der Waals surface area contributed by atoms with Gasteiger partial charge in [0.05, 0.1) is 5.92 Å². The van der Waals surface area contributed by atoms with E-state index in [1.54, 1.807) is 0 Å². The molecule has 0 spiro atoms. The number of rotatable bonds is 1. The van der Waals surface area contributed by atoms with Gasteiger partial charge in [-0.3, -0.25) is 4.79 Å². The van der Waals surface area contributed by atoms with Gasteiger partial charge in [0, 0.05) is 74.9 Å². The molecule has 0 atom stereocenters. The molecule has 59 valence electrons. The van der Waals surface area contributed by atoms with E-state index in [1.165, 1.54) is 0 Å². The topological polar surface area (TPSA) is 63.3 Å². The largest absolute Gasteiger partial charge is 0.481 e. The Bertz CT molecular complexity index is 132. The van der Waals surface area contributed by atoms with Gasteiger partial charge in [0.1, 0.15) is 0 Å². The van der Waals surface area contributed by atoms with Crippen LogP contribution in [0.3, 0.4) is 0 Å². The van der Waals surface area contributed by atoms with Crippen molar-refractivity contribution in [1.29, 1.82) is 0 Å². The second-order valence-corrected chi connectivity index (χ2v) is 2.95. The van der Waals surface area contributed by atoms with Crippen LogP contribution in [-0.2, 0) is 4.79 Å². The van der Waals surface area contributed by atoms with Gasteiger partial charge in [0.25, 0.3) is 0 Å². The van der Waals surface area contributed by atoms with Crippen LogP contribution in [0.15, 0.2) is 0 Å². The zero-order valence-electron chi connectivity index (χ0n) is 6.92. The second-order valence-electron chi connectivity index (χ2n) is 2.95. The quantitative estimate of drug-likeness (QED) is 0.719. The van der Waals surface area contributed by atoms with Crippen LogP contribution in [0.25, 0.3) is 0 Å². The summed E-state index contributed by atoms with van der Waals surface area (Å²) >= 11 is 0. The monoisotopic (exact) mass is 276 g/mol. The number of aliphatic carboxylic acids is 1. The molecule has 11 heavy (non-hydrogen) atoms. The summed E-state index contributed by atoms with van der Waals surface area (Å²) in [6.07, 6.45) is 3.26. The Kier molecular flexibility index (Phi) is 6.83. The van der Waals surface area contributed by atoms with Crippen molar-refractivity contribution >= 4 is 74.9 Å². The van der Waals surface area contributed by atoms with E-state index in [0.717, 1.165) is 25.7 Å². The molecule has 4 heteroatoms. The number of hydrogen-bond acceptors (Lipinski definition) is 2. The van der Waals surface area contributed by atoms with Crippen molar-refractivity contribution in [1.82, 2.24) is 0 Å². The summed E-state index contributed by atoms with van der Waals surface area (Å²) < 4.78 is 0. The first-order chi connectivity index (χ1) is 4.70. The fourth-order valence-electron chi connectivity index (χ4n) is 1.37. The number of carboxylic acid groups (broad SMARTS) is 1. The minimum absolute atomic E-state index is 0. The molecule has 1 fully saturated rings. The molecule has 0 amide bonds. The maximum absolute atomic E-state index is 10.4. The number of nitrogens with two attached hydrogens (primary N) is 1. The van der Waals surface area contributed by atoms with Crippen LogP contribution in [0, 0.1) is 5.92 Å². The van der Waals surface area contributed by atoms with E-state index in [2.05, 4.69) is 0 Å². The van der Waals surface area contributed by atoms with Crippen molar-refractivity contribution in [3.63, 3.8) is 0 Å². The van der Waals surface area contributed by atoms with Gasteiger partial charge in [-0.15, -0.1) is 0 Å². The molecule has 0 aromatic rings. The van der Waals surface area contributed by atoms with Crippen LogP contribution >= 0.6 is 0 Å². The van der Waals surface area contributed by atoms with Gasteiger partial charge in [0.2, 0.25) is 0 Å². The van der Waals surface area contributed by atoms with E-state index < -0.39 is 5.97 Å². The van der Waals surface area contributed by atoms with Crippen molar-refractivity contribution in [2.45, 2.75) is 31.7 Å². The summed E-state index contributed by atoms with van der Waals surface area (Å²) in [5.74, 6) is -0.785. The molecule has 0 aromatic heterocycles. The van der Waals surface area contributed by atoms with Gasteiger partial charge in [-0.25, -0.2) is 0 Å². The Balaban J connectivity index is 0.000001000. The predicted octanol–water partition coefficient (Wildman–Crippen LogP) is 0.208. The van der Waals surface area contributed by atoms with Crippen LogP contribution in [0.2, 0.25) is 0 Å². The predicted molar refractivity (Wildman–Crippen MR) is 43.3 cm³/mol. The van der Waals surface area contributed by atoms with Crippen molar-refractivity contribution in [2.75, 3.05) is 0 Å². The Morgan fingerprint density at radius 1 is 1.27 bits per heavy atom. The second kappa shape index (κ2) is 6.02. The van der Waals surface area contributed by atoms with E-state index in [-0.39, 0.29) is 80.9 Å². The normalized spacial score (nSPS) is 30.6. The first kappa shape index (κ1) is 12.5. The first-order valence-corrected chi connectivity index (χ1v) is 3.68. The molecule has 1 rings (SSSR count). The van der Waals surface area contributed by atoms with Crippen LogP contribution in [0.5, 0.6) is 0 Å². The molecule has 0 aliphatic heterocycles. The van der Waals surface area contributed by atoms with Crippen molar-refractivity contribution in [2.24, 2.45) is 11.7 Å². The zero-order chi connectivity index (χ0) is 7.56. The number of carboxylic acids is 1. The summed E-state index contributed by atoms with van der Waals surface area (Å²) in [7, 11) is 0. The van der Waals surface area contributed by atoms with Gasteiger partial charge in [-0.05, 0) is 25.7 Å². The third kappa shape index (κ3) is 4.31. The molecule has 0 aromatic carbocycles. The Morgan fingerprint density at radius 3 is 2.09 bits per heavy atom. The molecule has 3 nitrogen and oxygen atoms in total. The third-order valence-corrected chi connectivity index (χ3v) is 2.12. The third-order valence-electron chi connectivity index (χ3n) is 2.12. The number of hydrogen-bond donors (Lipinski definition) is 2. The minimum Gasteiger partial charge on any atom is -0.481 e. The number of carbonyl (C=O) groups is 1. The Morgan fingerprint density at radius 2 is 1.73 bits per heavy atom. The summed E-state index contributed by atoms with van der Waals surface area (Å²) in [6.45, 7) is 0. The smallest absolute Gasteiger partial charge is 0.306 e. The molecule has 1 saturated carbocycles. The maximum Gasteiger partial charge on any atom is 0.306 e. The Hall–Kier alpha value is 1.48. The molecular weight excluding hydrogens is 263 g/mol. The average molecular weight is 276 g/mol. The molecule has 1 radical (unpaired) electrons. The van der Waals surface area contributed by atoms with Crippen molar-refractivity contribution in [3.05, 3.63) is 0 Å². The maximum atomic E-state index is 10.4. The first-order valence-electron chi connectivity index (χ1n) is 3.68. The summed E-state index contributed by atoms with van der Waals surface area (Å²) in [6, 6.07) is 0.246. The van der Waals surface area contributed by atoms with Gasteiger partial charge in [-0.2, -0.15) is 0 Å². The van der Waals surface area contributed by atoms with Gasteiger partial charge >= 0.3 is 5.97 Å². The average Bonchev–Trinajstić information content (AvgIpc) is 1.88. The fraction of sp³-hybridized carbons (Fsp3) is 0.857. The van der Waals surface area contributed by atoms with Crippen LogP contribution in [0.4, 0.5) is 0 Å². The molecule has 0 unspecified atom stereocenters. The van der Waals surface area contributed by atoms with Crippen molar-refractivity contribution in [3.8, 4) is 0 Å². The molecule has 1 aliphatic rings. The summed E-state index contributed by atoms with van der Waals surface area (Å²) in [5.41, 5.74) is 5.60.